The number of para-hydroxylation sites is 1. The Morgan fingerprint density at radius 1 is 1.40 bits per heavy atom. The van der Waals surface area contributed by atoms with E-state index in [1.165, 1.54) is 0 Å². The van der Waals surface area contributed by atoms with Gasteiger partial charge in [-0.3, -0.25) is 4.79 Å². The molecular formula is C17H15N5O2S. The monoisotopic (exact) mass is 353 g/mol. The van der Waals surface area contributed by atoms with Gasteiger partial charge in [0.1, 0.15) is 27.3 Å². The fourth-order valence-electron chi connectivity index (χ4n) is 2.42. The number of carbonyl (C=O) groups excluding carboxylic acids is 1. The molecule has 0 aliphatic rings. The van der Waals surface area contributed by atoms with Crippen molar-refractivity contribution < 1.29 is 9.53 Å². The molecule has 0 unspecified atom stereocenters. The lowest BCUT2D eigenvalue weighted by atomic mass is 10.2. The first-order valence-electron chi connectivity index (χ1n) is 7.33. The van der Waals surface area contributed by atoms with Gasteiger partial charge in [0, 0.05) is 17.5 Å². The number of nitrogens with two attached hydrogens (primary N) is 2. The van der Waals surface area contributed by atoms with Gasteiger partial charge in [0.2, 0.25) is 0 Å². The topological polar surface area (TPSA) is 127 Å². The third kappa shape index (κ3) is 3.05. The minimum absolute atomic E-state index is 0.122. The number of ether oxygens (including phenoxy) is 1. The van der Waals surface area contributed by atoms with E-state index in [0.29, 0.717) is 33.1 Å². The first-order chi connectivity index (χ1) is 12.0. The number of rotatable bonds is 4. The lowest BCUT2D eigenvalue weighted by Crippen LogP contribution is -2.22. The predicted octanol–water partition coefficient (Wildman–Crippen LogP) is 2.27. The van der Waals surface area contributed by atoms with Crippen molar-refractivity contribution in [2.45, 2.75) is 6.54 Å². The van der Waals surface area contributed by atoms with Gasteiger partial charge in [0.05, 0.1) is 18.4 Å². The van der Waals surface area contributed by atoms with Crippen molar-refractivity contribution in [1.82, 2.24) is 10.3 Å². The van der Waals surface area contributed by atoms with E-state index in [1.54, 1.807) is 13.2 Å². The second-order valence-corrected chi connectivity index (χ2v) is 6.22. The number of nitrogens with zero attached hydrogens (tertiary/aromatic N) is 2. The van der Waals surface area contributed by atoms with Gasteiger partial charge in [0.25, 0.3) is 5.91 Å². The average molecular weight is 353 g/mol. The highest BCUT2D eigenvalue weighted by Crippen LogP contribution is 2.34. The lowest BCUT2D eigenvalue weighted by Gasteiger charge is -2.09. The SMILES string of the molecule is COc1ccccc1CNC(=O)c1sc2nc(N)c(C#N)cc2c1N. The molecule has 0 aliphatic heterocycles. The normalized spacial score (nSPS) is 10.4. The molecule has 8 heteroatoms. The summed E-state index contributed by atoms with van der Waals surface area (Å²) < 4.78 is 5.27. The van der Waals surface area contributed by atoms with Crippen LogP contribution >= 0.6 is 11.3 Å². The van der Waals surface area contributed by atoms with E-state index in [4.69, 9.17) is 21.5 Å². The highest BCUT2D eigenvalue weighted by atomic mass is 32.1. The van der Waals surface area contributed by atoms with Crippen molar-refractivity contribution in [1.29, 1.82) is 5.26 Å². The first kappa shape index (κ1) is 16.5. The van der Waals surface area contributed by atoms with Crippen LogP contribution in [0, 0.1) is 11.3 Å². The molecule has 0 radical (unpaired) electrons. The number of hydrogen-bond donors (Lipinski definition) is 3. The van der Waals surface area contributed by atoms with Crippen molar-refractivity contribution in [3.05, 3.63) is 46.3 Å². The summed E-state index contributed by atoms with van der Waals surface area (Å²) in [6, 6.07) is 10.9. The number of aromatic nitrogens is 1. The third-order valence-corrected chi connectivity index (χ3v) is 4.82. The van der Waals surface area contributed by atoms with Crippen LogP contribution in [0.1, 0.15) is 20.8 Å². The molecule has 0 saturated carbocycles. The minimum Gasteiger partial charge on any atom is -0.496 e. The molecule has 25 heavy (non-hydrogen) atoms. The number of thiophene rings is 1. The molecule has 0 saturated heterocycles. The molecule has 126 valence electrons. The van der Waals surface area contributed by atoms with E-state index >= 15 is 0 Å². The average Bonchev–Trinajstić information content (AvgIpc) is 2.94. The molecule has 1 amide bonds. The largest absolute Gasteiger partial charge is 0.496 e. The Bertz CT molecular complexity index is 1010. The van der Waals surface area contributed by atoms with Crippen molar-refractivity contribution in [3.8, 4) is 11.8 Å². The number of nitrogen functional groups attached to an aromatic ring is 2. The Balaban J connectivity index is 1.87. The third-order valence-electron chi connectivity index (χ3n) is 3.71. The summed E-state index contributed by atoms with van der Waals surface area (Å²) in [7, 11) is 1.58. The highest BCUT2D eigenvalue weighted by Gasteiger charge is 2.19. The van der Waals surface area contributed by atoms with E-state index in [2.05, 4.69) is 10.3 Å². The van der Waals surface area contributed by atoms with Crippen LogP contribution in [0.2, 0.25) is 0 Å². The predicted molar refractivity (Wildman–Crippen MR) is 97.3 cm³/mol. The van der Waals surface area contributed by atoms with Crippen LogP contribution in [0.3, 0.4) is 0 Å². The molecule has 5 N–H and O–H groups in total. The Morgan fingerprint density at radius 3 is 2.88 bits per heavy atom. The summed E-state index contributed by atoms with van der Waals surface area (Å²) in [6.45, 7) is 0.301. The standard InChI is InChI=1S/C17H15N5O2S/c1-24-12-5-3-2-4-9(12)8-21-16(23)14-13(19)11-6-10(7-18)15(20)22-17(11)25-14/h2-6H,8,19H2,1H3,(H2,20,22)(H,21,23). The summed E-state index contributed by atoms with van der Waals surface area (Å²) in [4.78, 5) is 17.5. The zero-order valence-electron chi connectivity index (χ0n) is 13.4. The van der Waals surface area contributed by atoms with Crippen LogP contribution < -0.4 is 21.5 Å². The first-order valence-corrected chi connectivity index (χ1v) is 8.15. The molecule has 0 spiro atoms. The van der Waals surface area contributed by atoms with Gasteiger partial charge in [-0.1, -0.05) is 18.2 Å². The molecule has 0 bridgehead atoms. The van der Waals surface area contributed by atoms with E-state index in [-0.39, 0.29) is 17.3 Å². The van der Waals surface area contributed by atoms with Crippen molar-refractivity contribution in [3.63, 3.8) is 0 Å². The van der Waals surface area contributed by atoms with Crippen LogP contribution in [0.15, 0.2) is 30.3 Å². The van der Waals surface area contributed by atoms with Crippen molar-refractivity contribution >= 4 is 39.0 Å². The van der Waals surface area contributed by atoms with E-state index in [0.717, 1.165) is 16.9 Å². The van der Waals surface area contributed by atoms with E-state index in [9.17, 15) is 4.79 Å². The Kier molecular flexibility index (Phi) is 4.41. The Morgan fingerprint density at radius 2 is 2.16 bits per heavy atom. The van der Waals surface area contributed by atoms with Gasteiger partial charge in [0.15, 0.2) is 0 Å². The molecule has 0 aliphatic carbocycles. The van der Waals surface area contributed by atoms with Gasteiger partial charge >= 0.3 is 0 Å². The Hall–Kier alpha value is -3.31. The summed E-state index contributed by atoms with van der Waals surface area (Å²) in [5.74, 6) is 0.501. The van der Waals surface area contributed by atoms with Gasteiger partial charge < -0.3 is 21.5 Å². The number of pyridine rings is 1. The smallest absolute Gasteiger partial charge is 0.263 e. The quantitative estimate of drug-likeness (QED) is 0.660. The van der Waals surface area contributed by atoms with Crippen molar-refractivity contribution in [2.24, 2.45) is 0 Å². The van der Waals surface area contributed by atoms with Crippen LogP contribution in [-0.4, -0.2) is 18.0 Å². The van der Waals surface area contributed by atoms with Crippen LogP contribution in [-0.2, 0) is 6.54 Å². The van der Waals surface area contributed by atoms with E-state index in [1.807, 2.05) is 30.3 Å². The summed E-state index contributed by atoms with van der Waals surface area (Å²) in [5.41, 5.74) is 13.2. The number of benzene rings is 1. The molecule has 0 fully saturated rings. The number of nitriles is 1. The van der Waals surface area contributed by atoms with Crippen LogP contribution in [0.25, 0.3) is 10.2 Å². The van der Waals surface area contributed by atoms with Crippen LogP contribution in [0.4, 0.5) is 11.5 Å². The van der Waals surface area contributed by atoms with Gasteiger partial charge in [-0.2, -0.15) is 5.26 Å². The second kappa shape index (κ2) is 6.67. The fourth-order valence-corrected chi connectivity index (χ4v) is 3.42. The van der Waals surface area contributed by atoms with Gasteiger partial charge in [-0.15, -0.1) is 11.3 Å². The molecule has 2 heterocycles. The number of methoxy groups -OCH3 is 1. The van der Waals surface area contributed by atoms with Crippen LogP contribution in [0.5, 0.6) is 5.75 Å². The van der Waals surface area contributed by atoms with Gasteiger partial charge in [-0.25, -0.2) is 4.98 Å². The molecule has 0 atom stereocenters. The maximum absolute atomic E-state index is 12.5. The molecule has 3 aromatic rings. The second-order valence-electron chi connectivity index (χ2n) is 5.23. The zero-order chi connectivity index (χ0) is 18.0. The molecule has 7 nitrogen and oxygen atoms in total. The summed E-state index contributed by atoms with van der Waals surface area (Å²) in [6.07, 6.45) is 0. The number of amides is 1. The number of anilines is 2. The molecule has 3 rings (SSSR count). The lowest BCUT2D eigenvalue weighted by molar-refractivity contribution is 0.0955. The number of fused-ring (bicyclic) bond motifs is 1. The highest BCUT2D eigenvalue weighted by molar-refractivity contribution is 7.21. The maximum atomic E-state index is 12.5. The molecular weight excluding hydrogens is 338 g/mol. The minimum atomic E-state index is -0.316. The summed E-state index contributed by atoms with van der Waals surface area (Å²) >= 11 is 1.14. The summed E-state index contributed by atoms with van der Waals surface area (Å²) in [5, 5.41) is 12.4. The Labute approximate surface area is 147 Å². The van der Waals surface area contributed by atoms with Gasteiger partial charge in [-0.05, 0) is 12.1 Å². The van der Waals surface area contributed by atoms with Crippen molar-refractivity contribution in [2.75, 3.05) is 18.6 Å². The maximum Gasteiger partial charge on any atom is 0.263 e. The number of hydrogen-bond acceptors (Lipinski definition) is 7. The number of nitrogens with one attached hydrogen (secondary N) is 1. The van der Waals surface area contributed by atoms with E-state index < -0.39 is 0 Å². The molecule has 1 aromatic carbocycles. The molecule has 2 aromatic heterocycles. The zero-order valence-corrected chi connectivity index (χ0v) is 14.2. The number of carbonyl (C=O) groups is 1. The fraction of sp³-hybridized carbons (Fsp3) is 0.118.